The van der Waals surface area contributed by atoms with E-state index in [0.717, 1.165) is 106 Å². The number of rotatable bonds is 12. The first-order chi connectivity index (χ1) is 53.8. The summed E-state index contributed by atoms with van der Waals surface area (Å²) in [6, 6.07) is 25.3. The molecule has 582 valence electrons. The lowest BCUT2D eigenvalue weighted by atomic mass is 9.60. The van der Waals surface area contributed by atoms with Gasteiger partial charge in [-0.3, -0.25) is 53.3 Å². The van der Waals surface area contributed by atoms with Gasteiger partial charge in [0.2, 0.25) is 11.8 Å². The van der Waals surface area contributed by atoms with Gasteiger partial charge in [-0.2, -0.15) is 0 Å². The van der Waals surface area contributed by atoms with E-state index in [1.165, 1.54) is 56.7 Å². The van der Waals surface area contributed by atoms with Crippen molar-refractivity contribution in [3.63, 3.8) is 0 Å². The largest absolute Gasteiger partial charge is 0.489 e. The number of fused-ring (bicyclic) bond motifs is 12. The molecule has 3 aliphatic heterocycles. The summed E-state index contributed by atoms with van der Waals surface area (Å²) in [6.45, 7) is 16.0. The standard InChI is InChI=1S/C31H34N2O5.C31H32N2O5.C30H34N2O4/c2*1-17(34)33-15-19-10-26(36)24-13-22-6-8-31(3)25(30(22)38-27(24)11-19)14-28(37-18(2)35)29(31)21-5-4-20-7-9-32-16-23(20)12-21;1-17(33)35-27-14-24-29-19(13-23-25(34)11-18(15-31-3)12-26(23)36-29)7-9-30(24,2)28(27)22-6-4-5-20-16-32-10-8-21(20)22/h4-5,7,9,12-13,16,19,25,28-30H,6,8,10-11,14-15H2,1-3H3,(H,33,34);4-9,12-13,16,19,25,28-30H,10-11,14-15H2,1-3H3,(H,33,34);4-6,8,10,13,16,18,24,27-29,31H,7,9,11-12,14-15H2,1-3H3/t2*19?,25-,28?,29-,30+,31-;18?,24-,27?,28-,29+,30-/m000/s1. The number of Topliss-reactive ketones (excluding diaryl/α,β-unsaturated/α-hetero) is 3. The highest BCUT2D eigenvalue weighted by Crippen LogP contribution is 2.66. The Kier molecular flexibility index (Phi) is 20.6. The number of ether oxygens (including phenoxy) is 6. The van der Waals surface area contributed by atoms with E-state index in [1.54, 1.807) is 12.4 Å². The van der Waals surface area contributed by atoms with Crippen LogP contribution in [0.15, 0.2) is 191 Å². The van der Waals surface area contributed by atoms with E-state index in [1.807, 2.05) is 50.0 Å². The van der Waals surface area contributed by atoms with Gasteiger partial charge in [0.15, 0.2) is 17.3 Å². The van der Waals surface area contributed by atoms with Gasteiger partial charge in [-0.05, 0) is 185 Å². The molecule has 5 fully saturated rings. The Bertz CT molecular complexity index is 5120. The molecule has 0 bridgehead atoms. The molecule has 18 rings (SSSR count). The van der Waals surface area contributed by atoms with Crippen LogP contribution in [0.2, 0.25) is 0 Å². The van der Waals surface area contributed by atoms with Gasteiger partial charge >= 0.3 is 17.9 Å². The fourth-order valence-electron chi connectivity index (χ4n) is 22.1. The van der Waals surface area contributed by atoms with Gasteiger partial charge < -0.3 is 44.4 Å². The molecule has 0 saturated heterocycles. The maximum Gasteiger partial charge on any atom is 0.302 e. The molecule has 0 spiro atoms. The summed E-state index contributed by atoms with van der Waals surface area (Å²) in [6.07, 6.45) is 29.5. The maximum atomic E-state index is 13.0. The zero-order valence-electron chi connectivity index (χ0n) is 65.3. The molecule has 18 atom stereocenters. The van der Waals surface area contributed by atoms with Crippen molar-refractivity contribution < 1.29 is 66.8 Å². The molecule has 2 amide bonds. The molecule has 112 heavy (non-hydrogen) atoms. The highest BCUT2D eigenvalue weighted by atomic mass is 16.6. The Balaban J connectivity index is 0.000000127. The van der Waals surface area contributed by atoms with Crippen LogP contribution in [0.25, 0.3) is 32.3 Å². The number of hydrogen-bond donors (Lipinski definition) is 3. The van der Waals surface area contributed by atoms with E-state index in [-0.39, 0.29) is 153 Å². The molecule has 5 saturated carbocycles. The number of nitrogens with zero attached hydrogens (tertiary/aromatic N) is 3. The quantitative estimate of drug-likeness (QED) is 0.0759. The maximum absolute atomic E-state index is 13.0. The first-order valence-corrected chi connectivity index (χ1v) is 40.1. The van der Waals surface area contributed by atoms with Crippen molar-refractivity contribution in [2.75, 3.05) is 26.7 Å². The van der Waals surface area contributed by atoms with Crippen molar-refractivity contribution in [1.82, 2.24) is 30.9 Å². The van der Waals surface area contributed by atoms with Gasteiger partial charge in [-0.25, -0.2) is 0 Å². The van der Waals surface area contributed by atoms with Crippen LogP contribution in [0.5, 0.6) is 0 Å². The van der Waals surface area contributed by atoms with Gasteiger partial charge in [0.25, 0.3) is 0 Å². The van der Waals surface area contributed by atoms with Crippen LogP contribution in [0.1, 0.15) is 173 Å². The van der Waals surface area contributed by atoms with E-state index >= 15 is 0 Å². The Morgan fingerprint density at radius 3 is 1.44 bits per heavy atom. The van der Waals surface area contributed by atoms with Crippen molar-refractivity contribution >= 4 is 79.4 Å². The predicted octanol–water partition coefficient (Wildman–Crippen LogP) is 14.2. The minimum atomic E-state index is -0.329. The summed E-state index contributed by atoms with van der Waals surface area (Å²) in [5.41, 5.74) is 8.42. The summed E-state index contributed by atoms with van der Waals surface area (Å²) in [5, 5.41) is 15.5. The average molecular weight is 1510 g/mol. The number of hydrogen-bond acceptors (Lipinski definition) is 18. The SMILES string of the molecule is CC(=O)NCC1CC(=O)C2=C(C1)O[C@@H]1C(=C2)C=C[C@]2(C)[C@@H](c3ccc4ccncc4c3)C(OC(C)=O)C[C@@H]12.CC(=O)NCC1CC(=O)C2=C(C1)O[C@@H]1C(=C2)CC[C@]2(C)[C@@H](c3ccc4ccncc4c3)C(OC(C)=O)C[C@@H]12.CNCC1CC(=O)C2=C(C1)O[C@@H]1C(=C2)CC[C@]2(C)[C@@H](c3cccc4cnccc34)C(OC(C)=O)C[C@@H]12. The van der Waals surface area contributed by atoms with Crippen molar-refractivity contribution in [3.8, 4) is 0 Å². The molecule has 20 nitrogen and oxygen atoms in total. The average Bonchev–Trinajstić information content (AvgIpc) is 1.54. The minimum absolute atomic E-state index is 0.0157. The van der Waals surface area contributed by atoms with Crippen LogP contribution >= 0.6 is 0 Å². The first-order valence-electron chi connectivity index (χ1n) is 40.1. The number of amides is 2. The second-order valence-electron chi connectivity index (χ2n) is 34.3. The normalized spacial score (nSPS) is 32.3. The molecule has 12 aliphatic rings. The number of aromatic nitrogens is 3. The molecule has 9 aliphatic carbocycles. The third kappa shape index (κ3) is 14.2. The van der Waals surface area contributed by atoms with Crippen molar-refractivity contribution in [1.29, 1.82) is 0 Å². The van der Waals surface area contributed by atoms with Crippen LogP contribution < -0.4 is 16.0 Å². The fraction of sp³-hybridized carbons (Fsp3) is 0.467. The lowest BCUT2D eigenvalue weighted by molar-refractivity contribution is -0.148. The summed E-state index contributed by atoms with van der Waals surface area (Å²) in [7, 11) is 1.93. The second kappa shape index (κ2) is 30.4. The Morgan fingerprint density at radius 1 is 0.482 bits per heavy atom. The van der Waals surface area contributed by atoms with E-state index < -0.39 is 0 Å². The summed E-state index contributed by atoms with van der Waals surface area (Å²) in [4.78, 5) is 111. The number of nitrogens with one attached hydrogen (secondary N) is 3. The summed E-state index contributed by atoms with van der Waals surface area (Å²) in [5.74, 6) is 2.39. The van der Waals surface area contributed by atoms with Gasteiger partial charge in [-0.1, -0.05) is 75.4 Å². The van der Waals surface area contributed by atoms with Crippen LogP contribution in [0, 0.1) is 51.8 Å². The summed E-state index contributed by atoms with van der Waals surface area (Å²) < 4.78 is 38.1. The summed E-state index contributed by atoms with van der Waals surface area (Å²) >= 11 is 0. The van der Waals surface area contributed by atoms with E-state index in [0.29, 0.717) is 74.9 Å². The minimum Gasteiger partial charge on any atom is -0.489 e. The molecule has 3 aromatic carbocycles. The number of ketones is 3. The van der Waals surface area contributed by atoms with Crippen molar-refractivity contribution in [2.24, 2.45) is 51.8 Å². The van der Waals surface area contributed by atoms with E-state index in [4.69, 9.17) is 28.4 Å². The van der Waals surface area contributed by atoms with Crippen LogP contribution in [0.3, 0.4) is 0 Å². The number of esters is 3. The smallest absolute Gasteiger partial charge is 0.302 e. The zero-order chi connectivity index (χ0) is 78.2. The number of carbonyl (C=O) groups is 8. The monoisotopic (exact) mass is 1510 g/mol. The van der Waals surface area contributed by atoms with Gasteiger partial charge in [-0.15, -0.1) is 0 Å². The van der Waals surface area contributed by atoms with Crippen LogP contribution in [-0.4, -0.2) is 125 Å². The molecule has 6 heterocycles. The molecule has 3 aromatic heterocycles. The highest BCUT2D eigenvalue weighted by Gasteiger charge is 2.63. The third-order valence-electron chi connectivity index (χ3n) is 27.1. The third-order valence-corrected chi connectivity index (χ3v) is 27.1. The molecule has 3 N–H and O–H groups in total. The van der Waals surface area contributed by atoms with Gasteiger partial charge in [0.05, 0.1) is 16.7 Å². The first kappa shape index (κ1) is 75.8. The lowest BCUT2D eigenvalue weighted by Crippen LogP contribution is -2.44. The van der Waals surface area contributed by atoms with E-state index in [2.05, 4.69) is 137 Å². The zero-order valence-corrected chi connectivity index (χ0v) is 65.3. The fourth-order valence-corrected chi connectivity index (χ4v) is 22.1. The van der Waals surface area contributed by atoms with Gasteiger partial charge in [0.1, 0.15) is 53.9 Å². The van der Waals surface area contributed by atoms with Crippen LogP contribution in [-0.2, 0) is 66.8 Å². The van der Waals surface area contributed by atoms with Crippen molar-refractivity contribution in [3.05, 3.63) is 208 Å². The van der Waals surface area contributed by atoms with Crippen molar-refractivity contribution in [2.45, 2.75) is 193 Å². The molecular formula is C92H100N6O14. The number of benzene rings is 3. The number of carbonyl (C=O) groups excluding carboxylic acids is 8. The van der Waals surface area contributed by atoms with Crippen LogP contribution in [0.4, 0.5) is 0 Å². The lowest BCUT2D eigenvalue weighted by Gasteiger charge is -2.48. The second-order valence-corrected chi connectivity index (χ2v) is 34.3. The predicted molar refractivity (Wildman–Crippen MR) is 421 cm³/mol. The van der Waals surface area contributed by atoms with Gasteiger partial charge in [0, 0.05) is 180 Å². The highest BCUT2D eigenvalue weighted by molar-refractivity contribution is 6.01. The molecule has 6 unspecified atom stereocenters. The Hall–Kier alpha value is -10.2. The Labute approximate surface area is 653 Å². The molecule has 6 aromatic rings. The molecular weight excluding hydrogens is 1410 g/mol. The van der Waals surface area contributed by atoms with E-state index in [9.17, 15) is 38.4 Å². The number of allylic oxidation sites excluding steroid dienone is 10. The Morgan fingerprint density at radius 2 is 0.929 bits per heavy atom. The topological polar surface area (TPSA) is 267 Å². The number of pyridine rings is 3. The molecule has 0 radical (unpaired) electrons. The molecule has 20 heteroatoms.